The van der Waals surface area contributed by atoms with Crippen LogP contribution >= 0.6 is 0 Å². The predicted octanol–water partition coefficient (Wildman–Crippen LogP) is 2.72. The topological polar surface area (TPSA) is 86.2 Å². The molecule has 0 bridgehead atoms. The first-order chi connectivity index (χ1) is 9.00. The first kappa shape index (κ1) is 12.8. The summed E-state index contributed by atoms with van der Waals surface area (Å²) >= 11 is 0. The number of nitrogens with zero attached hydrogens (tertiary/aromatic N) is 1. The molecule has 0 unspecified atom stereocenters. The molecule has 2 aromatic carbocycles. The van der Waals surface area contributed by atoms with E-state index in [4.69, 9.17) is 5.73 Å². The van der Waals surface area contributed by atoms with E-state index in [1.165, 1.54) is 12.1 Å². The van der Waals surface area contributed by atoms with E-state index in [9.17, 15) is 14.9 Å². The number of carbonyl (C=O) groups excluding carboxylic acids is 1. The minimum Gasteiger partial charge on any atom is -0.399 e. The van der Waals surface area contributed by atoms with Gasteiger partial charge in [0.1, 0.15) is 0 Å². The van der Waals surface area contributed by atoms with Gasteiger partial charge < -0.3 is 5.73 Å². The molecule has 0 radical (unpaired) electrons. The number of anilines is 1. The second-order valence-electron chi connectivity index (χ2n) is 4.16. The van der Waals surface area contributed by atoms with Gasteiger partial charge in [-0.3, -0.25) is 14.9 Å². The molecular weight excluding hydrogens is 244 g/mol. The summed E-state index contributed by atoms with van der Waals surface area (Å²) in [5.41, 5.74) is 7.23. The number of ketones is 1. The van der Waals surface area contributed by atoms with Crippen molar-refractivity contribution in [2.75, 3.05) is 5.73 Å². The fraction of sp³-hybridized carbons (Fsp3) is 0.0714. The molecule has 0 spiro atoms. The summed E-state index contributed by atoms with van der Waals surface area (Å²) in [6, 6.07) is 10.9. The molecule has 5 nitrogen and oxygen atoms in total. The van der Waals surface area contributed by atoms with Crippen molar-refractivity contribution in [3.8, 4) is 0 Å². The Hall–Kier alpha value is -2.69. The molecule has 2 rings (SSSR count). The molecule has 0 heterocycles. The Morgan fingerprint density at radius 2 is 1.79 bits per heavy atom. The van der Waals surface area contributed by atoms with Crippen LogP contribution < -0.4 is 5.73 Å². The SMILES string of the molecule is Cc1c(C(=O)c2ccc(N)cc2)cccc1[N+](=O)[O-]. The molecule has 0 amide bonds. The highest BCUT2D eigenvalue weighted by Gasteiger charge is 2.18. The first-order valence-corrected chi connectivity index (χ1v) is 5.65. The summed E-state index contributed by atoms with van der Waals surface area (Å²) in [6.07, 6.45) is 0. The van der Waals surface area contributed by atoms with Gasteiger partial charge in [-0.15, -0.1) is 0 Å². The lowest BCUT2D eigenvalue weighted by atomic mass is 9.98. The lowest BCUT2D eigenvalue weighted by molar-refractivity contribution is -0.385. The van der Waals surface area contributed by atoms with Crippen LogP contribution in [-0.2, 0) is 0 Å². The van der Waals surface area contributed by atoms with Gasteiger partial charge in [-0.1, -0.05) is 12.1 Å². The first-order valence-electron chi connectivity index (χ1n) is 5.65. The van der Waals surface area contributed by atoms with Crippen LogP contribution in [0.5, 0.6) is 0 Å². The summed E-state index contributed by atoms with van der Waals surface area (Å²) in [5.74, 6) is -0.249. The van der Waals surface area contributed by atoms with Gasteiger partial charge in [0, 0.05) is 28.4 Å². The molecule has 0 aliphatic carbocycles. The third-order valence-electron chi connectivity index (χ3n) is 2.92. The highest BCUT2D eigenvalue weighted by atomic mass is 16.6. The van der Waals surface area contributed by atoms with Crippen molar-refractivity contribution in [2.24, 2.45) is 0 Å². The fourth-order valence-corrected chi connectivity index (χ4v) is 1.86. The van der Waals surface area contributed by atoms with E-state index in [0.29, 0.717) is 22.4 Å². The summed E-state index contributed by atoms with van der Waals surface area (Å²) < 4.78 is 0. The van der Waals surface area contributed by atoms with Gasteiger partial charge in [0.15, 0.2) is 5.78 Å². The normalized spacial score (nSPS) is 10.2. The van der Waals surface area contributed by atoms with Crippen molar-refractivity contribution >= 4 is 17.2 Å². The van der Waals surface area contributed by atoms with E-state index in [-0.39, 0.29) is 11.5 Å². The van der Waals surface area contributed by atoms with Gasteiger partial charge in [-0.05, 0) is 31.2 Å². The molecule has 0 saturated carbocycles. The average molecular weight is 256 g/mol. The monoisotopic (exact) mass is 256 g/mol. The molecule has 19 heavy (non-hydrogen) atoms. The number of nitro groups is 1. The molecule has 0 aliphatic rings. The molecule has 96 valence electrons. The van der Waals surface area contributed by atoms with Crippen molar-refractivity contribution in [1.82, 2.24) is 0 Å². The predicted molar refractivity (Wildman–Crippen MR) is 72.1 cm³/mol. The van der Waals surface area contributed by atoms with E-state index in [1.54, 1.807) is 37.3 Å². The van der Waals surface area contributed by atoms with Crippen LogP contribution in [0.4, 0.5) is 11.4 Å². The van der Waals surface area contributed by atoms with E-state index >= 15 is 0 Å². The lowest BCUT2D eigenvalue weighted by Gasteiger charge is -2.05. The zero-order valence-corrected chi connectivity index (χ0v) is 10.3. The van der Waals surface area contributed by atoms with Crippen molar-refractivity contribution in [3.63, 3.8) is 0 Å². The van der Waals surface area contributed by atoms with E-state index in [2.05, 4.69) is 0 Å². The minimum absolute atomic E-state index is 0.0544. The molecule has 0 aliphatic heterocycles. The zero-order valence-electron chi connectivity index (χ0n) is 10.3. The standard InChI is InChI=1S/C14H12N2O3/c1-9-12(3-2-4-13(9)16(18)19)14(17)10-5-7-11(15)8-6-10/h2-8H,15H2,1H3. The summed E-state index contributed by atoms with van der Waals surface area (Å²) in [4.78, 5) is 22.7. The number of nitrogens with two attached hydrogens (primary N) is 1. The quantitative estimate of drug-likeness (QED) is 0.396. The Bertz CT molecular complexity index is 648. The number of benzene rings is 2. The van der Waals surface area contributed by atoms with Gasteiger partial charge >= 0.3 is 0 Å². The molecule has 0 saturated heterocycles. The van der Waals surface area contributed by atoms with Crippen LogP contribution in [-0.4, -0.2) is 10.7 Å². The van der Waals surface area contributed by atoms with Crippen LogP contribution in [0.1, 0.15) is 21.5 Å². The van der Waals surface area contributed by atoms with Gasteiger partial charge in [-0.2, -0.15) is 0 Å². The van der Waals surface area contributed by atoms with Crippen LogP contribution in [0.15, 0.2) is 42.5 Å². The van der Waals surface area contributed by atoms with Gasteiger partial charge in [0.25, 0.3) is 5.69 Å². The third-order valence-corrected chi connectivity index (χ3v) is 2.92. The highest BCUT2D eigenvalue weighted by molar-refractivity contribution is 6.10. The second-order valence-corrected chi connectivity index (χ2v) is 4.16. The zero-order chi connectivity index (χ0) is 14.0. The van der Waals surface area contributed by atoms with Gasteiger partial charge in [-0.25, -0.2) is 0 Å². The number of nitro benzene ring substituents is 1. The maximum atomic E-state index is 12.3. The molecule has 2 aromatic rings. The Morgan fingerprint density at radius 3 is 2.37 bits per heavy atom. The molecule has 0 fully saturated rings. The smallest absolute Gasteiger partial charge is 0.273 e. The second kappa shape index (κ2) is 4.89. The largest absolute Gasteiger partial charge is 0.399 e. The number of rotatable bonds is 3. The Kier molecular flexibility index (Phi) is 3.29. The highest BCUT2D eigenvalue weighted by Crippen LogP contribution is 2.23. The van der Waals surface area contributed by atoms with Crippen LogP contribution in [0.3, 0.4) is 0 Å². The van der Waals surface area contributed by atoms with E-state index < -0.39 is 4.92 Å². The summed E-state index contributed by atoms with van der Waals surface area (Å²) in [6.45, 7) is 1.57. The Morgan fingerprint density at radius 1 is 1.16 bits per heavy atom. The number of hydrogen-bond acceptors (Lipinski definition) is 4. The van der Waals surface area contributed by atoms with Crippen molar-refractivity contribution in [3.05, 3.63) is 69.3 Å². The molecule has 5 heteroatoms. The third kappa shape index (κ3) is 2.44. The molecule has 2 N–H and O–H groups in total. The van der Waals surface area contributed by atoms with E-state index in [1.807, 2.05) is 0 Å². The number of nitrogen functional groups attached to an aromatic ring is 1. The molecular formula is C14H12N2O3. The van der Waals surface area contributed by atoms with Crippen LogP contribution in [0, 0.1) is 17.0 Å². The average Bonchev–Trinajstić information content (AvgIpc) is 2.38. The van der Waals surface area contributed by atoms with Gasteiger partial charge in [0.2, 0.25) is 0 Å². The Balaban J connectivity index is 2.47. The van der Waals surface area contributed by atoms with Crippen molar-refractivity contribution in [2.45, 2.75) is 6.92 Å². The number of carbonyl (C=O) groups is 1. The summed E-state index contributed by atoms with van der Waals surface area (Å²) in [7, 11) is 0. The van der Waals surface area contributed by atoms with E-state index in [0.717, 1.165) is 0 Å². The van der Waals surface area contributed by atoms with Crippen LogP contribution in [0.25, 0.3) is 0 Å². The Labute approximate surface area is 109 Å². The fourth-order valence-electron chi connectivity index (χ4n) is 1.86. The maximum absolute atomic E-state index is 12.3. The maximum Gasteiger partial charge on any atom is 0.273 e. The number of hydrogen-bond donors (Lipinski definition) is 1. The lowest BCUT2D eigenvalue weighted by Crippen LogP contribution is -2.05. The molecule has 0 atom stereocenters. The summed E-state index contributed by atoms with van der Waals surface area (Å²) in [5, 5.41) is 10.9. The molecule has 0 aromatic heterocycles. The minimum atomic E-state index is -0.491. The van der Waals surface area contributed by atoms with Gasteiger partial charge in [0.05, 0.1) is 4.92 Å². The van der Waals surface area contributed by atoms with Crippen molar-refractivity contribution < 1.29 is 9.72 Å². The van der Waals surface area contributed by atoms with Crippen molar-refractivity contribution in [1.29, 1.82) is 0 Å². The van der Waals surface area contributed by atoms with Crippen LogP contribution in [0.2, 0.25) is 0 Å².